The molecule has 1 aromatic heterocycles. The molecule has 1 aliphatic heterocycles. The summed E-state index contributed by atoms with van der Waals surface area (Å²) in [7, 11) is 4.27. The molecule has 2 heterocycles. The summed E-state index contributed by atoms with van der Waals surface area (Å²) in [5, 5.41) is 0. The fraction of sp³-hybridized carbons (Fsp3) is 0.667. The molecule has 2 unspecified atom stereocenters. The number of hydrogen-bond donors (Lipinski definition) is 1. The molecule has 2 atom stereocenters. The lowest BCUT2D eigenvalue weighted by Gasteiger charge is -2.22. The van der Waals surface area contributed by atoms with E-state index in [1.165, 1.54) is 0 Å². The fourth-order valence-corrected chi connectivity index (χ4v) is 2.43. The van der Waals surface area contributed by atoms with Crippen LogP contribution in [0.5, 0.6) is 0 Å². The Bertz CT molecular complexity index is 362. The van der Waals surface area contributed by atoms with Gasteiger partial charge in [-0.05, 0) is 20.0 Å². The molecule has 2 N–H and O–H groups in total. The minimum absolute atomic E-state index is 0.448. The summed E-state index contributed by atoms with van der Waals surface area (Å²) in [6, 6.07) is 0.589. The first-order valence-electron chi connectivity index (χ1n) is 6.04. The Morgan fingerprint density at radius 3 is 2.59 bits per heavy atom. The Balaban J connectivity index is 2.08. The van der Waals surface area contributed by atoms with Gasteiger partial charge in [0.2, 0.25) is 0 Å². The highest BCUT2D eigenvalue weighted by molar-refractivity contribution is 5.38. The summed E-state index contributed by atoms with van der Waals surface area (Å²) in [5.74, 6) is 1.61. The van der Waals surface area contributed by atoms with Crippen molar-refractivity contribution in [2.24, 2.45) is 11.7 Å². The molecule has 0 amide bonds. The van der Waals surface area contributed by atoms with Crippen molar-refractivity contribution in [1.29, 1.82) is 0 Å². The van der Waals surface area contributed by atoms with Gasteiger partial charge in [-0.3, -0.25) is 4.98 Å². The second-order valence-corrected chi connectivity index (χ2v) is 4.98. The van der Waals surface area contributed by atoms with Gasteiger partial charge in [-0.1, -0.05) is 6.92 Å². The predicted molar refractivity (Wildman–Crippen MR) is 68.8 cm³/mol. The van der Waals surface area contributed by atoms with E-state index in [1.807, 2.05) is 6.20 Å². The van der Waals surface area contributed by atoms with Crippen molar-refractivity contribution < 1.29 is 0 Å². The van der Waals surface area contributed by atoms with E-state index < -0.39 is 0 Å². The number of rotatable bonds is 3. The van der Waals surface area contributed by atoms with Crippen LogP contribution in [0.15, 0.2) is 12.4 Å². The largest absolute Gasteiger partial charge is 0.353 e. The molecular formula is C12H21N5. The summed E-state index contributed by atoms with van der Waals surface area (Å²) >= 11 is 0. The van der Waals surface area contributed by atoms with Crippen LogP contribution in [0.4, 0.5) is 5.82 Å². The van der Waals surface area contributed by atoms with Crippen LogP contribution in [0.3, 0.4) is 0 Å². The van der Waals surface area contributed by atoms with Gasteiger partial charge in [0, 0.05) is 25.7 Å². The van der Waals surface area contributed by atoms with Gasteiger partial charge in [0.15, 0.2) is 0 Å². The number of aromatic nitrogens is 2. The standard InChI is InChI=1S/C12H21N5/c1-9-7-17(8-11(9)16(2)3)12-6-14-10(4-13)5-15-12/h5-6,9,11H,4,7-8,13H2,1-3H3. The predicted octanol–water partition coefficient (Wildman–Crippen LogP) is 0.322. The molecular weight excluding hydrogens is 214 g/mol. The fourth-order valence-electron chi connectivity index (χ4n) is 2.43. The van der Waals surface area contributed by atoms with Crippen LogP contribution in [0.2, 0.25) is 0 Å². The zero-order valence-corrected chi connectivity index (χ0v) is 10.8. The third kappa shape index (κ3) is 2.56. The minimum Gasteiger partial charge on any atom is -0.353 e. The van der Waals surface area contributed by atoms with Gasteiger partial charge in [-0.15, -0.1) is 0 Å². The van der Waals surface area contributed by atoms with Crippen molar-refractivity contribution in [1.82, 2.24) is 14.9 Å². The van der Waals surface area contributed by atoms with Crippen molar-refractivity contribution in [3.8, 4) is 0 Å². The number of nitrogens with zero attached hydrogens (tertiary/aromatic N) is 4. The maximum atomic E-state index is 5.51. The van der Waals surface area contributed by atoms with E-state index in [0.29, 0.717) is 18.5 Å². The van der Waals surface area contributed by atoms with E-state index in [-0.39, 0.29) is 0 Å². The van der Waals surface area contributed by atoms with Crippen LogP contribution in [-0.2, 0) is 6.54 Å². The second-order valence-electron chi connectivity index (χ2n) is 4.98. The van der Waals surface area contributed by atoms with Gasteiger partial charge in [0.25, 0.3) is 0 Å². The van der Waals surface area contributed by atoms with Gasteiger partial charge in [0.05, 0.1) is 18.1 Å². The zero-order valence-electron chi connectivity index (χ0n) is 10.8. The highest BCUT2D eigenvalue weighted by atomic mass is 15.3. The van der Waals surface area contributed by atoms with E-state index in [4.69, 9.17) is 5.73 Å². The normalized spacial score (nSPS) is 24.6. The van der Waals surface area contributed by atoms with E-state index >= 15 is 0 Å². The molecule has 5 heteroatoms. The Morgan fingerprint density at radius 1 is 1.35 bits per heavy atom. The molecule has 1 aliphatic rings. The maximum Gasteiger partial charge on any atom is 0.147 e. The van der Waals surface area contributed by atoms with Gasteiger partial charge >= 0.3 is 0 Å². The van der Waals surface area contributed by atoms with Crippen LogP contribution < -0.4 is 10.6 Å². The lowest BCUT2D eigenvalue weighted by atomic mass is 10.1. The quantitative estimate of drug-likeness (QED) is 0.817. The number of likely N-dealkylation sites (N-methyl/N-ethyl adjacent to an activating group) is 1. The maximum absolute atomic E-state index is 5.51. The van der Waals surface area contributed by atoms with Crippen LogP contribution >= 0.6 is 0 Å². The van der Waals surface area contributed by atoms with Crippen LogP contribution in [0.25, 0.3) is 0 Å². The van der Waals surface area contributed by atoms with E-state index in [9.17, 15) is 0 Å². The highest BCUT2D eigenvalue weighted by Gasteiger charge is 2.31. The molecule has 2 rings (SSSR count). The lowest BCUT2D eigenvalue weighted by molar-refractivity contribution is 0.266. The average Bonchev–Trinajstić information content (AvgIpc) is 2.71. The zero-order chi connectivity index (χ0) is 12.4. The molecule has 94 valence electrons. The van der Waals surface area contributed by atoms with Gasteiger partial charge in [-0.25, -0.2) is 4.98 Å². The third-order valence-corrected chi connectivity index (χ3v) is 3.46. The molecule has 0 bridgehead atoms. The molecule has 1 saturated heterocycles. The Labute approximate surface area is 103 Å². The Morgan fingerprint density at radius 2 is 2.12 bits per heavy atom. The van der Waals surface area contributed by atoms with E-state index in [2.05, 4.69) is 40.8 Å². The van der Waals surface area contributed by atoms with Crippen molar-refractivity contribution in [3.63, 3.8) is 0 Å². The van der Waals surface area contributed by atoms with Crippen molar-refractivity contribution >= 4 is 5.82 Å². The first kappa shape index (κ1) is 12.3. The molecule has 1 aromatic rings. The lowest BCUT2D eigenvalue weighted by Crippen LogP contribution is -2.34. The van der Waals surface area contributed by atoms with Gasteiger partial charge in [0.1, 0.15) is 5.82 Å². The molecule has 0 aliphatic carbocycles. The number of anilines is 1. The summed E-state index contributed by atoms with van der Waals surface area (Å²) in [4.78, 5) is 13.3. The second kappa shape index (κ2) is 4.98. The monoisotopic (exact) mass is 235 g/mol. The Kier molecular flexibility index (Phi) is 3.59. The number of nitrogens with two attached hydrogens (primary N) is 1. The summed E-state index contributed by atoms with van der Waals surface area (Å²) in [6.07, 6.45) is 3.59. The molecule has 1 fully saturated rings. The molecule has 5 nitrogen and oxygen atoms in total. The van der Waals surface area contributed by atoms with Crippen molar-refractivity contribution in [2.45, 2.75) is 19.5 Å². The third-order valence-electron chi connectivity index (χ3n) is 3.46. The van der Waals surface area contributed by atoms with Crippen molar-refractivity contribution in [2.75, 3.05) is 32.1 Å². The summed E-state index contributed by atoms with van der Waals surface area (Å²) in [5.41, 5.74) is 6.35. The van der Waals surface area contributed by atoms with Crippen LogP contribution in [0, 0.1) is 5.92 Å². The molecule has 0 radical (unpaired) electrons. The average molecular weight is 235 g/mol. The van der Waals surface area contributed by atoms with Gasteiger partial charge < -0.3 is 15.5 Å². The SMILES string of the molecule is CC1CN(c2cnc(CN)cn2)CC1N(C)C. The van der Waals surface area contributed by atoms with Crippen molar-refractivity contribution in [3.05, 3.63) is 18.1 Å². The molecule has 0 spiro atoms. The van der Waals surface area contributed by atoms with E-state index in [1.54, 1.807) is 6.20 Å². The van der Waals surface area contributed by atoms with Crippen LogP contribution in [-0.4, -0.2) is 48.1 Å². The smallest absolute Gasteiger partial charge is 0.147 e. The highest BCUT2D eigenvalue weighted by Crippen LogP contribution is 2.23. The first-order valence-corrected chi connectivity index (χ1v) is 6.04. The van der Waals surface area contributed by atoms with E-state index in [0.717, 1.165) is 24.6 Å². The summed E-state index contributed by atoms with van der Waals surface area (Å²) in [6.45, 7) is 4.79. The summed E-state index contributed by atoms with van der Waals surface area (Å²) < 4.78 is 0. The molecule has 0 saturated carbocycles. The number of hydrogen-bond acceptors (Lipinski definition) is 5. The molecule has 0 aromatic carbocycles. The first-order chi connectivity index (χ1) is 8.11. The topological polar surface area (TPSA) is 58.3 Å². The van der Waals surface area contributed by atoms with Gasteiger partial charge in [-0.2, -0.15) is 0 Å². The van der Waals surface area contributed by atoms with Crippen LogP contribution in [0.1, 0.15) is 12.6 Å². The Hall–Kier alpha value is -1.20. The minimum atomic E-state index is 0.448. The molecule has 17 heavy (non-hydrogen) atoms.